The summed E-state index contributed by atoms with van der Waals surface area (Å²) in [5.74, 6) is -0.206. The Balaban J connectivity index is 1.53. The maximum absolute atomic E-state index is 12.4. The van der Waals surface area contributed by atoms with E-state index in [-0.39, 0.29) is 18.2 Å². The lowest BCUT2D eigenvalue weighted by Crippen LogP contribution is -2.30. The van der Waals surface area contributed by atoms with Crippen LogP contribution in [0.4, 0.5) is 0 Å². The van der Waals surface area contributed by atoms with E-state index in [9.17, 15) is 9.59 Å². The van der Waals surface area contributed by atoms with E-state index in [0.29, 0.717) is 29.4 Å². The Morgan fingerprint density at radius 3 is 2.42 bits per heavy atom. The number of carbonyl (C=O) groups excluding carboxylic acids is 2. The fourth-order valence-corrected chi connectivity index (χ4v) is 2.80. The van der Waals surface area contributed by atoms with Gasteiger partial charge in [-0.1, -0.05) is 48.5 Å². The van der Waals surface area contributed by atoms with Crippen LogP contribution in [0.15, 0.2) is 55.1 Å². The molecule has 0 spiro atoms. The molecule has 5 heteroatoms. The van der Waals surface area contributed by atoms with Crippen molar-refractivity contribution in [3.63, 3.8) is 0 Å². The molecule has 1 aliphatic rings. The summed E-state index contributed by atoms with van der Waals surface area (Å²) in [5.41, 5.74) is 3.11. The smallest absolute Gasteiger partial charge is 0.258 e. The molecule has 24 heavy (non-hydrogen) atoms. The summed E-state index contributed by atoms with van der Waals surface area (Å²) in [6, 6.07) is 14.7. The highest BCUT2D eigenvalue weighted by molar-refractivity contribution is 6.30. The molecular weight excluding hydrogens is 324 g/mol. The van der Waals surface area contributed by atoms with Crippen LogP contribution in [-0.4, -0.2) is 23.3 Å². The second-order valence-corrected chi connectivity index (χ2v) is 6.04. The molecule has 3 rings (SSSR count). The van der Waals surface area contributed by atoms with Gasteiger partial charge < -0.3 is 10.2 Å². The van der Waals surface area contributed by atoms with Crippen molar-refractivity contribution in [1.29, 1.82) is 0 Å². The average Bonchev–Trinajstić information content (AvgIpc) is 2.84. The molecule has 122 valence electrons. The summed E-state index contributed by atoms with van der Waals surface area (Å²) in [4.78, 5) is 25.9. The van der Waals surface area contributed by atoms with Gasteiger partial charge in [-0.3, -0.25) is 9.59 Å². The zero-order valence-electron chi connectivity index (χ0n) is 13.1. The molecule has 0 fully saturated rings. The summed E-state index contributed by atoms with van der Waals surface area (Å²) in [5, 5.41) is 3.51. The van der Waals surface area contributed by atoms with Crippen LogP contribution in [0.3, 0.4) is 0 Å². The molecule has 0 atom stereocenters. The molecule has 1 N–H and O–H groups in total. The molecule has 0 unspecified atom stereocenters. The SMILES string of the molecule is C=C1c2ccccc2C(=O)N1CCC(=O)NCc1ccc(Cl)cc1. The summed E-state index contributed by atoms with van der Waals surface area (Å²) in [6.45, 7) is 4.72. The van der Waals surface area contributed by atoms with Crippen LogP contribution in [0, 0.1) is 0 Å². The third kappa shape index (κ3) is 3.34. The molecule has 1 heterocycles. The lowest BCUT2D eigenvalue weighted by atomic mass is 10.1. The number of halogens is 1. The second-order valence-electron chi connectivity index (χ2n) is 5.60. The minimum absolute atomic E-state index is 0.0962. The topological polar surface area (TPSA) is 49.4 Å². The van der Waals surface area contributed by atoms with Gasteiger partial charge in [0.25, 0.3) is 5.91 Å². The van der Waals surface area contributed by atoms with Crippen LogP contribution in [0.5, 0.6) is 0 Å². The Morgan fingerprint density at radius 2 is 1.75 bits per heavy atom. The lowest BCUT2D eigenvalue weighted by molar-refractivity contribution is -0.121. The van der Waals surface area contributed by atoms with Gasteiger partial charge >= 0.3 is 0 Å². The molecule has 2 aromatic carbocycles. The molecule has 2 aromatic rings. The van der Waals surface area contributed by atoms with Crippen LogP contribution in [-0.2, 0) is 11.3 Å². The molecule has 4 nitrogen and oxygen atoms in total. The second kappa shape index (κ2) is 6.89. The largest absolute Gasteiger partial charge is 0.352 e. The zero-order chi connectivity index (χ0) is 17.1. The van der Waals surface area contributed by atoms with E-state index in [1.165, 1.54) is 0 Å². The van der Waals surface area contributed by atoms with Crippen molar-refractivity contribution >= 4 is 29.1 Å². The summed E-state index contributed by atoms with van der Waals surface area (Å²) >= 11 is 5.83. The predicted octanol–water partition coefficient (Wildman–Crippen LogP) is 3.47. The summed E-state index contributed by atoms with van der Waals surface area (Å²) in [7, 11) is 0. The van der Waals surface area contributed by atoms with E-state index in [1.807, 2.05) is 30.3 Å². The number of rotatable bonds is 5. The standard InChI is InChI=1S/C19H17ClN2O2/c1-13-16-4-2-3-5-17(16)19(24)22(13)11-10-18(23)21-12-14-6-8-15(20)9-7-14/h2-9H,1,10-12H2,(H,21,23). The fraction of sp³-hybridized carbons (Fsp3) is 0.158. The number of hydrogen-bond acceptors (Lipinski definition) is 2. The van der Waals surface area contributed by atoms with Crippen molar-refractivity contribution in [2.45, 2.75) is 13.0 Å². The molecular formula is C19H17ClN2O2. The van der Waals surface area contributed by atoms with E-state index in [2.05, 4.69) is 11.9 Å². The van der Waals surface area contributed by atoms with E-state index < -0.39 is 0 Å². The first-order valence-corrected chi connectivity index (χ1v) is 8.05. The Hall–Kier alpha value is -2.59. The fourth-order valence-electron chi connectivity index (χ4n) is 2.68. The van der Waals surface area contributed by atoms with Gasteiger partial charge in [0, 0.05) is 41.4 Å². The Kier molecular flexibility index (Phi) is 4.67. The molecule has 0 aliphatic carbocycles. The molecule has 0 saturated heterocycles. The molecule has 1 aliphatic heterocycles. The monoisotopic (exact) mass is 340 g/mol. The van der Waals surface area contributed by atoms with Crippen molar-refractivity contribution in [2.75, 3.05) is 6.54 Å². The van der Waals surface area contributed by atoms with E-state index >= 15 is 0 Å². The number of hydrogen-bond donors (Lipinski definition) is 1. The van der Waals surface area contributed by atoms with Crippen molar-refractivity contribution < 1.29 is 9.59 Å². The summed E-state index contributed by atoms with van der Waals surface area (Å²) < 4.78 is 0. The number of nitrogens with zero attached hydrogens (tertiary/aromatic N) is 1. The maximum Gasteiger partial charge on any atom is 0.258 e. The highest BCUT2D eigenvalue weighted by atomic mass is 35.5. The minimum Gasteiger partial charge on any atom is -0.352 e. The van der Waals surface area contributed by atoms with Gasteiger partial charge in [-0.25, -0.2) is 0 Å². The average molecular weight is 341 g/mol. The van der Waals surface area contributed by atoms with Gasteiger partial charge in [-0.05, 0) is 23.8 Å². The third-order valence-electron chi connectivity index (χ3n) is 4.00. The third-order valence-corrected chi connectivity index (χ3v) is 4.26. The van der Waals surface area contributed by atoms with Crippen LogP contribution in [0.2, 0.25) is 5.02 Å². The van der Waals surface area contributed by atoms with Gasteiger partial charge in [0.1, 0.15) is 0 Å². The molecule has 0 radical (unpaired) electrons. The number of nitrogens with one attached hydrogen (secondary N) is 1. The van der Waals surface area contributed by atoms with Crippen molar-refractivity contribution in [1.82, 2.24) is 10.2 Å². The first-order valence-electron chi connectivity index (χ1n) is 7.67. The van der Waals surface area contributed by atoms with Crippen molar-refractivity contribution in [3.05, 3.63) is 76.8 Å². The van der Waals surface area contributed by atoms with E-state index in [4.69, 9.17) is 11.6 Å². The molecule has 0 bridgehead atoms. The number of benzene rings is 2. The Labute approximate surface area is 145 Å². The lowest BCUT2D eigenvalue weighted by Gasteiger charge is -2.17. The quantitative estimate of drug-likeness (QED) is 0.906. The Bertz CT molecular complexity index is 764. The van der Waals surface area contributed by atoms with Gasteiger partial charge in [0.05, 0.1) is 0 Å². The van der Waals surface area contributed by atoms with Crippen LogP contribution in [0.1, 0.15) is 27.9 Å². The van der Waals surface area contributed by atoms with Gasteiger partial charge in [-0.15, -0.1) is 0 Å². The molecule has 2 amide bonds. The number of carbonyl (C=O) groups is 2. The first-order chi connectivity index (χ1) is 11.6. The van der Waals surface area contributed by atoms with Crippen molar-refractivity contribution in [2.24, 2.45) is 0 Å². The van der Waals surface area contributed by atoms with Crippen LogP contribution >= 0.6 is 11.6 Å². The number of fused-ring (bicyclic) bond motifs is 1. The first kappa shape index (κ1) is 16.3. The zero-order valence-corrected chi connectivity index (χ0v) is 13.8. The number of amides is 2. The van der Waals surface area contributed by atoms with Crippen LogP contribution in [0.25, 0.3) is 5.70 Å². The Morgan fingerprint density at radius 1 is 1.08 bits per heavy atom. The van der Waals surface area contributed by atoms with Gasteiger partial charge in [-0.2, -0.15) is 0 Å². The molecule has 0 saturated carbocycles. The van der Waals surface area contributed by atoms with E-state index in [0.717, 1.165) is 11.1 Å². The summed E-state index contributed by atoms with van der Waals surface area (Å²) in [6.07, 6.45) is 0.229. The van der Waals surface area contributed by atoms with Crippen LogP contribution < -0.4 is 5.32 Å². The van der Waals surface area contributed by atoms with Crippen molar-refractivity contribution in [3.8, 4) is 0 Å². The van der Waals surface area contributed by atoms with E-state index in [1.54, 1.807) is 23.1 Å². The van der Waals surface area contributed by atoms with Gasteiger partial charge in [0.15, 0.2) is 0 Å². The minimum atomic E-state index is -0.110. The molecule has 0 aromatic heterocycles. The van der Waals surface area contributed by atoms with Gasteiger partial charge in [0.2, 0.25) is 5.91 Å². The maximum atomic E-state index is 12.4. The highest BCUT2D eigenvalue weighted by Crippen LogP contribution is 2.30. The normalized spacial score (nSPS) is 13.1. The highest BCUT2D eigenvalue weighted by Gasteiger charge is 2.30. The predicted molar refractivity (Wildman–Crippen MR) is 94.4 cm³/mol.